The minimum Gasteiger partial charge on any atom is -1.00 e. The predicted molar refractivity (Wildman–Crippen MR) is 429 cm³/mol. The standard InChI is InChI=1S/C21H34N2O2.2C19H29NO2.C11H19ClO.C8H11NO.C4H8O.C2H5Br2N.Na.H/c1-15(2)18-10-9-16(3)13-19(18)21(24)23-14-20(25-12-11-22)17-7-5-4-6-8-17;2*1-13(2)16-10-9-14(3)11-17(16)19(22)20-12-18(21)15-7-5-4-6-8-15;1-7(2)9-5-4-8(3)6-10(9)11(12)13;9-6-8(10)7-4-2-1-3-5-7;1-2-4-5-3-1;3-1-2-5-4;;/h4-8,15-16,18-20H,9-14,22H2,1-3H3,(H,23,24);2*4-8,13-14,16-18,21H,9-12H2,1-3H3,(H,20,22);7-10H,4-6H2,1-3H3;1-5,8,10H,6,9H2;1-4H2;5H,1-2H2;;/q;;;;;;;+1;-1/t16-,18+,19-,20?;2*14-,16+,17-,18?;8-,9+,10-;;;;;/m1111...../s1. The Morgan fingerprint density at radius 3 is 1.06 bits per heavy atom. The van der Waals surface area contributed by atoms with Gasteiger partial charge in [-0.15, -0.1) is 0 Å². The van der Waals surface area contributed by atoms with Gasteiger partial charge in [0, 0.05) is 97.6 Å². The van der Waals surface area contributed by atoms with E-state index in [-0.39, 0.29) is 90.3 Å². The average Bonchev–Trinajstić information content (AvgIpc) is 0.942. The van der Waals surface area contributed by atoms with E-state index in [1.54, 1.807) is 0 Å². The second-order valence-electron chi connectivity index (χ2n) is 30.7. The van der Waals surface area contributed by atoms with Crippen molar-refractivity contribution in [3.05, 3.63) is 144 Å². The Balaban J connectivity index is 0.000000640. The molecule has 1 aliphatic heterocycles. The molecular formula is C84H136Br2ClN6NaO9. The molecule has 4 aliphatic carbocycles. The fourth-order valence-electron chi connectivity index (χ4n) is 15.0. The number of aliphatic hydroxyl groups excluding tert-OH is 3. The summed E-state index contributed by atoms with van der Waals surface area (Å²) >= 11 is 11.9. The van der Waals surface area contributed by atoms with Crippen LogP contribution >= 0.6 is 43.7 Å². The molecule has 3 amide bonds. The number of ether oxygens (including phenoxy) is 2. The molecule has 15 nitrogen and oxygen atoms in total. The third kappa shape index (κ3) is 37.7. The molecule has 9 rings (SSSR count). The molecule has 5 aliphatic rings. The van der Waals surface area contributed by atoms with Gasteiger partial charge in [0.05, 0.1) is 31.0 Å². The third-order valence-electron chi connectivity index (χ3n) is 21.2. The van der Waals surface area contributed by atoms with Crippen molar-refractivity contribution < 1.29 is 75.0 Å². The van der Waals surface area contributed by atoms with E-state index < -0.39 is 18.3 Å². The van der Waals surface area contributed by atoms with E-state index in [1.807, 2.05) is 121 Å². The summed E-state index contributed by atoms with van der Waals surface area (Å²) in [6.07, 6.45) is 14.1. The maximum atomic E-state index is 12.9. The summed E-state index contributed by atoms with van der Waals surface area (Å²) < 4.78 is 13.6. The molecule has 0 bridgehead atoms. The summed E-state index contributed by atoms with van der Waals surface area (Å²) in [5.41, 5.74) is 14.5. The fraction of sp³-hybridized carbons (Fsp3) is 0.667. The van der Waals surface area contributed by atoms with Gasteiger partial charge in [-0.2, -0.15) is 0 Å². The van der Waals surface area contributed by atoms with Gasteiger partial charge in [-0.3, -0.25) is 23.5 Å². The molecule has 578 valence electrons. The summed E-state index contributed by atoms with van der Waals surface area (Å²) in [5.74, 6) is 7.46. The van der Waals surface area contributed by atoms with Crippen molar-refractivity contribution in [1.82, 2.24) is 20.3 Å². The van der Waals surface area contributed by atoms with Gasteiger partial charge in [0.2, 0.25) is 23.0 Å². The van der Waals surface area contributed by atoms with E-state index in [1.165, 1.54) is 44.9 Å². The van der Waals surface area contributed by atoms with Crippen LogP contribution in [0.3, 0.4) is 0 Å². The van der Waals surface area contributed by atoms with Crippen LogP contribution in [0.4, 0.5) is 0 Å². The Hall–Kier alpha value is -3.11. The number of hydrogen-bond acceptors (Lipinski definition) is 12. The van der Waals surface area contributed by atoms with Crippen molar-refractivity contribution in [3.63, 3.8) is 0 Å². The first kappa shape index (κ1) is 96.0. The number of benzene rings is 4. The Labute approximate surface area is 668 Å². The molecule has 19 heteroatoms. The Kier molecular flexibility index (Phi) is 51.5. The number of rotatable bonds is 24. The van der Waals surface area contributed by atoms with Gasteiger partial charge >= 0.3 is 29.6 Å². The number of nitrogens with one attached hydrogen (secondary N) is 4. The molecule has 1 heterocycles. The van der Waals surface area contributed by atoms with Crippen LogP contribution in [0, 0.1) is 94.7 Å². The van der Waals surface area contributed by atoms with Crippen LogP contribution in [0.5, 0.6) is 0 Å². The van der Waals surface area contributed by atoms with E-state index in [9.17, 15) is 34.5 Å². The number of hydrogen-bond donors (Lipinski definition) is 9. The van der Waals surface area contributed by atoms with Gasteiger partial charge in [-0.05, 0) is 169 Å². The van der Waals surface area contributed by atoms with Crippen LogP contribution in [0.15, 0.2) is 121 Å². The number of carbonyl (C=O) groups is 4. The van der Waals surface area contributed by atoms with Gasteiger partial charge in [-0.25, -0.2) is 0 Å². The number of halogens is 3. The second-order valence-corrected chi connectivity index (χ2v) is 32.5. The van der Waals surface area contributed by atoms with Crippen LogP contribution in [0.25, 0.3) is 0 Å². The van der Waals surface area contributed by atoms with Crippen LogP contribution in [0.1, 0.15) is 221 Å². The molecule has 11 N–H and O–H groups in total. The van der Waals surface area contributed by atoms with E-state index in [4.69, 9.17) is 32.5 Å². The summed E-state index contributed by atoms with van der Waals surface area (Å²) in [4.78, 5) is 49.2. The molecule has 103 heavy (non-hydrogen) atoms. The van der Waals surface area contributed by atoms with Crippen LogP contribution < -0.4 is 61.3 Å². The third-order valence-corrected chi connectivity index (χ3v) is 22.3. The van der Waals surface area contributed by atoms with Crippen molar-refractivity contribution in [1.29, 1.82) is 0 Å². The molecule has 4 aromatic carbocycles. The number of aliphatic hydroxyl groups is 3. The number of carbonyl (C=O) groups excluding carboxylic acids is 4. The van der Waals surface area contributed by atoms with Gasteiger partial charge in [0.25, 0.3) is 0 Å². The Morgan fingerprint density at radius 1 is 0.495 bits per heavy atom. The molecule has 5 fully saturated rings. The van der Waals surface area contributed by atoms with Gasteiger partial charge in [-0.1, -0.05) is 246 Å². The van der Waals surface area contributed by atoms with Crippen molar-refractivity contribution in [2.24, 2.45) is 106 Å². The van der Waals surface area contributed by atoms with E-state index in [2.05, 4.69) is 135 Å². The summed E-state index contributed by atoms with van der Waals surface area (Å²) in [5, 5.41) is 39.5. The van der Waals surface area contributed by atoms with Crippen molar-refractivity contribution in [2.75, 3.05) is 64.4 Å². The van der Waals surface area contributed by atoms with Gasteiger partial charge in [0.15, 0.2) is 0 Å². The van der Waals surface area contributed by atoms with Gasteiger partial charge in [0.1, 0.15) is 0 Å². The maximum absolute atomic E-state index is 12.9. The van der Waals surface area contributed by atoms with Crippen LogP contribution in [0.2, 0.25) is 0 Å². The second kappa shape index (κ2) is 55.3. The van der Waals surface area contributed by atoms with E-state index in [0.717, 1.165) is 92.3 Å². The normalized spacial score (nSPS) is 24.7. The molecule has 0 spiro atoms. The molecule has 4 saturated carbocycles. The molecule has 1 saturated heterocycles. The minimum atomic E-state index is -0.635. The quantitative estimate of drug-likeness (QED) is 0.0138. The average molecular weight is 1590 g/mol. The number of nitrogens with two attached hydrogens (primary N) is 2. The number of amides is 3. The van der Waals surface area contributed by atoms with Crippen LogP contribution in [-0.2, 0) is 28.7 Å². The SMILES string of the molecule is BrCCNBr.C1CCOC1.CC(C)[C@@H]1CC[C@@H](C)C[C@H]1C(=O)Cl.CC(C)[C@@H]1CC[C@@H](C)C[C@H]1C(=O)NCC(O)c1ccccc1.CC(C)[C@@H]1CC[C@@H](C)C[C@H]1C(=O)NCC(O)c1ccccc1.CC(C)[C@@H]1CC[C@@H](C)C[C@H]1C(=O)NCC(OCCN)c1ccccc1.NCC(O)c1ccccc1.[H-].[Na+]. The zero-order chi connectivity index (χ0) is 75.5. The molecule has 4 unspecified atom stereocenters. The zero-order valence-electron chi connectivity index (χ0n) is 66.1. The van der Waals surface area contributed by atoms with E-state index in [0.29, 0.717) is 104 Å². The predicted octanol–water partition coefficient (Wildman–Crippen LogP) is 13.9. The van der Waals surface area contributed by atoms with E-state index >= 15 is 0 Å². The van der Waals surface area contributed by atoms with Crippen LogP contribution in [-0.4, -0.2) is 103 Å². The molecule has 0 aromatic heterocycles. The summed E-state index contributed by atoms with van der Waals surface area (Å²) in [7, 11) is 0. The van der Waals surface area contributed by atoms with Gasteiger partial charge < -0.3 is 53.6 Å². The zero-order valence-corrected chi connectivity index (χ0v) is 71.1. The topological polar surface area (TPSA) is 248 Å². The molecule has 0 radical (unpaired) electrons. The maximum Gasteiger partial charge on any atom is 1.00 e. The van der Waals surface area contributed by atoms with Crippen molar-refractivity contribution in [3.8, 4) is 0 Å². The Bertz CT molecular complexity index is 2730. The monoisotopic (exact) mass is 1590 g/mol. The first-order chi connectivity index (χ1) is 48.8. The van der Waals surface area contributed by atoms with Crippen molar-refractivity contribution >= 4 is 66.6 Å². The molecule has 4 aromatic rings. The smallest absolute Gasteiger partial charge is 1.00 e. The first-order valence-electron chi connectivity index (χ1n) is 38.5. The first-order valence-corrected chi connectivity index (χ1v) is 40.8. The summed E-state index contributed by atoms with van der Waals surface area (Å²) in [6.45, 7) is 31.9. The largest absolute Gasteiger partial charge is 1.00 e. The fourth-order valence-corrected chi connectivity index (χ4v) is 16.2. The summed E-state index contributed by atoms with van der Waals surface area (Å²) in [6, 6.07) is 38.4. The van der Waals surface area contributed by atoms with Crippen molar-refractivity contribution in [2.45, 2.75) is 197 Å². The minimum absolute atomic E-state index is 0. The Morgan fingerprint density at radius 2 is 0.796 bits per heavy atom. The number of alkyl halides is 1. The molecular weight excluding hydrogens is 1460 g/mol. The molecule has 16 atom stereocenters.